The van der Waals surface area contributed by atoms with Crippen LogP contribution in [-0.2, 0) is 0 Å². The molecule has 0 radical (unpaired) electrons. The maximum absolute atomic E-state index is 12.4. The summed E-state index contributed by atoms with van der Waals surface area (Å²) in [6.07, 6.45) is 2.21. The second kappa shape index (κ2) is 7.25. The van der Waals surface area contributed by atoms with E-state index in [2.05, 4.69) is 10.3 Å². The monoisotopic (exact) mass is 338 g/mol. The second-order valence-corrected chi connectivity index (χ2v) is 5.67. The second-order valence-electron chi connectivity index (χ2n) is 5.23. The van der Waals surface area contributed by atoms with E-state index in [1.807, 2.05) is 30.3 Å². The quantitative estimate of drug-likeness (QED) is 0.753. The van der Waals surface area contributed by atoms with Gasteiger partial charge in [-0.2, -0.15) is 0 Å². The molecule has 1 heterocycles. The van der Waals surface area contributed by atoms with Crippen LogP contribution in [0.4, 0.5) is 5.69 Å². The normalized spacial score (nSPS) is 11.8. The number of halogens is 1. The number of aliphatic hydroxyl groups is 1. The third-order valence-corrected chi connectivity index (χ3v) is 3.85. The van der Waals surface area contributed by atoms with Crippen LogP contribution in [0, 0.1) is 0 Å². The van der Waals surface area contributed by atoms with Crippen molar-refractivity contribution >= 4 is 23.2 Å². The number of carbonyl (C=O) groups is 1. The number of carbonyl (C=O) groups excluding carboxylic acids is 1. The first-order valence-electron chi connectivity index (χ1n) is 7.39. The van der Waals surface area contributed by atoms with E-state index in [0.29, 0.717) is 21.8 Å². The lowest BCUT2D eigenvalue weighted by atomic mass is 9.99. The topological polar surface area (TPSA) is 62.2 Å². The summed E-state index contributed by atoms with van der Waals surface area (Å²) in [6.45, 7) is 0. The Kier molecular flexibility index (Phi) is 4.89. The number of hydrogen-bond donors (Lipinski definition) is 2. The van der Waals surface area contributed by atoms with Gasteiger partial charge in [-0.1, -0.05) is 41.9 Å². The van der Waals surface area contributed by atoms with Crippen LogP contribution in [0.1, 0.15) is 27.6 Å². The summed E-state index contributed by atoms with van der Waals surface area (Å²) in [5, 5.41) is 14.0. The van der Waals surface area contributed by atoms with Crippen LogP contribution < -0.4 is 5.32 Å². The van der Waals surface area contributed by atoms with Crippen molar-refractivity contribution in [1.29, 1.82) is 0 Å². The fourth-order valence-corrected chi connectivity index (χ4v) is 2.57. The molecule has 1 atom stereocenters. The minimum Gasteiger partial charge on any atom is -0.384 e. The smallest absolute Gasteiger partial charge is 0.255 e. The van der Waals surface area contributed by atoms with Gasteiger partial charge in [-0.25, -0.2) is 0 Å². The van der Waals surface area contributed by atoms with Crippen LogP contribution in [0.3, 0.4) is 0 Å². The first kappa shape index (κ1) is 16.2. The molecule has 5 heteroatoms. The van der Waals surface area contributed by atoms with Gasteiger partial charge in [-0.15, -0.1) is 0 Å². The van der Waals surface area contributed by atoms with Crippen molar-refractivity contribution in [3.05, 3.63) is 94.8 Å². The summed E-state index contributed by atoms with van der Waals surface area (Å²) in [5.74, 6) is -0.277. The molecule has 3 rings (SSSR count). The highest BCUT2D eigenvalue weighted by atomic mass is 35.5. The molecule has 0 unspecified atom stereocenters. The van der Waals surface area contributed by atoms with Gasteiger partial charge >= 0.3 is 0 Å². The largest absolute Gasteiger partial charge is 0.384 e. The molecule has 24 heavy (non-hydrogen) atoms. The highest BCUT2D eigenvalue weighted by Crippen LogP contribution is 2.31. The van der Waals surface area contributed by atoms with Gasteiger partial charge in [0, 0.05) is 34.2 Å². The van der Waals surface area contributed by atoms with Crippen LogP contribution in [0.25, 0.3) is 0 Å². The lowest BCUT2D eigenvalue weighted by molar-refractivity contribution is 0.102. The standard InChI is InChI=1S/C19H15ClN2O2/c20-15-6-7-17(22-19(24)14-8-10-21-11-9-14)16(12-15)18(23)13-4-2-1-3-5-13/h1-12,18,23H,(H,22,24)/t18-/m1/s1. The van der Waals surface area contributed by atoms with Crippen molar-refractivity contribution in [1.82, 2.24) is 4.98 Å². The Balaban J connectivity index is 1.93. The predicted octanol–water partition coefficient (Wildman–Crippen LogP) is 4.07. The zero-order chi connectivity index (χ0) is 16.9. The van der Waals surface area contributed by atoms with Gasteiger partial charge in [0.25, 0.3) is 5.91 Å². The van der Waals surface area contributed by atoms with Crippen LogP contribution in [0.15, 0.2) is 73.1 Å². The Morgan fingerprint density at radius 3 is 2.46 bits per heavy atom. The number of nitrogens with zero attached hydrogens (tertiary/aromatic N) is 1. The fraction of sp³-hybridized carbons (Fsp3) is 0.0526. The zero-order valence-corrected chi connectivity index (χ0v) is 13.4. The number of amides is 1. The summed E-state index contributed by atoms with van der Waals surface area (Å²) in [4.78, 5) is 16.3. The molecule has 0 saturated carbocycles. The van der Waals surface area contributed by atoms with E-state index in [9.17, 15) is 9.90 Å². The average Bonchev–Trinajstić information content (AvgIpc) is 2.64. The number of anilines is 1. The summed E-state index contributed by atoms with van der Waals surface area (Å²) >= 11 is 6.07. The molecule has 2 aromatic carbocycles. The lowest BCUT2D eigenvalue weighted by Crippen LogP contribution is -2.14. The third-order valence-electron chi connectivity index (χ3n) is 3.61. The summed E-state index contributed by atoms with van der Waals surface area (Å²) < 4.78 is 0. The van der Waals surface area contributed by atoms with Crippen LogP contribution in [0.5, 0.6) is 0 Å². The first-order chi connectivity index (χ1) is 11.6. The summed E-state index contributed by atoms with van der Waals surface area (Å²) in [6, 6.07) is 17.5. The van der Waals surface area contributed by atoms with Crippen molar-refractivity contribution < 1.29 is 9.90 Å². The van der Waals surface area contributed by atoms with Crippen molar-refractivity contribution in [2.45, 2.75) is 6.10 Å². The molecule has 0 spiro atoms. The third kappa shape index (κ3) is 3.62. The van der Waals surface area contributed by atoms with Gasteiger partial charge in [-0.3, -0.25) is 9.78 Å². The number of rotatable bonds is 4. The molecule has 4 nitrogen and oxygen atoms in total. The van der Waals surface area contributed by atoms with E-state index in [-0.39, 0.29) is 5.91 Å². The Bertz CT molecular complexity index is 839. The van der Waals surface area contributed by atoms with Crippen molar-refractivity contribution in [3.63, 3.8) is 0 Å². The van der Waals surface area contributed by atoms with Crippen LogP contribution in [0.2, 0.25) is 5.02 Å². The van der Waals surface area contributed by atoms with Gasteiger partial charge in [-0.05, 0) is 35.9 Å². The van der Waals surface area contributed by atoms with E-state index >= 15 is 0 Å². The number of aliphatic hydroxyl groups excluding tert-OH is 1. The van der Waals surface area contributed by atoms with E-state index < -0.39 is 6.10 Å². The molecule has 2 N–H and O–H groups in total. The molecule has 0 saturated heterocycles. The summed E-state index contributed by atoms with van der Waals surface area (Å²) in [7, 11) is 0. The highest BCUT2D eigenvalue weighted by Gasteiger charge is 2.17. The molecule has 1 amide bonds. The Labute approximate surface area is 144 Å². The fourth-order valence-electron chi connectivity index (χ4n) is 2.39. The highest BCUT2D eigenvalue weighted by molar-refractivity contribution is 6.30. The Morgan fingerprint density at radius 1 is 1.04 bits per heavy atom. The molecular formula is C19H15ClN2O2. The summed E-state index contributed by atoms with van der Waals surface area (Å²) in [5.41, 5.74) is 2.26. The van der Waals surface area contributed by atoms with Gasteiger partial charge < -0.3 is 10.4 Å². The molecule has 1 aromatic heterocycles. The number of hydrogen-bond acceptors (Lipinski definition) is 3. The van der Waals surface area contributed by atoms with Gasteiger partial charge in [0.05, 0.1) is 0 Å². The first-order valence-corrected chi connectivity index (χ1v) is 7.77. The van der Waals surface area contributed by atoms with E-state index in [1.165, 1.54) is 0 Å². The maximum atomic E-state index is 12.4. The van der Waals surface area contributed by atoms with Gasteiger partial charge in [0.15, 0.2) is 0 Å². The SMILES string of the molecule is O=C(Nc1ccc(Cl)cc1[C@H](O)c1ccccc1)c1ccncc1. The van der Waals surface area contributed by atoms with Crippen molar-refractivity contribution in [3.8, 4) is 0 Å². The van der Waals surface area contributed by atoms with E-state index in [0.717, 1.165) is 5.56 Å². The molecule has 120 valence electrons. The van der Waals surface area contributed by atoms with Crippen LogP contribution in [-0.4, -0.2) is 16.0 Å². The molecule has 0 aliphatic rings. The van der Waals surface area contributed by atoms with E-state index in [1.54, 1.807) is 42.7 Å². The number of benzene rings is 2. The van der Waals surface area contributed by atoms with E-state index in [4.69, 9.17) is 11.6 Å². The molecule has 0 bridgehead atoms. The van der Waals surface area contributed by atoms with Gasteiger partial charge in [0.2, 0.25) is 0 Å². The predicted molar refractivity (Wildman–Crippen MR) is 94.1 cm³/mol. The molecule has 3 aromatic rings. The van der Waals surface area contributed by atoms with Crippen LogP contribution >= 0.6 is 11.6 Å². The molecular weight excluding hydrogens is 324 g/mol. The van der Waals surface area contributed by atoms with Gasteiger partial charge in [0.1, 0.15) is 6.10 Å². The van der Waals surface area contributed by atoms with Crippen molar-refractivity contribution in [2.75, 3.05) is 5.32 Å². The molecule has 0 aliphatic carbocycles. The van der Waals surface area contributed by atoms with Crippen molar-refractivity contribution in [2.24, 2.45) is 0 Å². The average molecular weight is 339 g/mol. The molecule has 0 fully saturated rings. The zero-order valence-electron chi connectivity index (χ0n) is 12.7. The number of aromatic nitrogens is 1. The lowest BCUT2D eigenvalue weighted by Gasteiger charge is -2.17. The maximum Gasteiger partial charge on any atom is 0.255 e. The molecule has 0 aliphatic heterocycles. The minimum absolute atomic E-state index is 0.277. The number of pyridine rings is 1. The Hall–Kier alpha value is -2.69. The Morgan fingerprint density at radius 2 is 1.75 bits per heavy atom. The minimum atomic E-state index is -0.891. The number of nitrogens with one attached hydrogen (secondary N) is 1.